The first-order chi connectivity index (χ1) is 13.7. The van der Waals surface area contributed by atoms with E-state index in [-0.39, 0.29) is 5.92 Å². The Labute approximate surface area is 167 Å². The second kappa shape index (κ2) is 8.72. The molecular formula is C23H30N4O. The first kappa shape index (κ1) is 18.9. The SMILES string of the molecule is Nc1nccc(C2CCCN(C(=O)CC3CCC(c4ccccc4)CC3)C2)n1. The van der Waals surface area contributed by atoms with Crippen LogP contribution in [0.1, 0.15) is 68.0 Å². The van der Waals surface area contributed by atoms with E-state index in [1.54, 1.807) is 6.20 Å². The topological polar surface area (TPSA) is 72.1 Å². The van der Waals surface area contributed by atoms with Crippen molar-refractivity contribution in [1.29, 1.82) is 0 Å². The highest BCUT2D eigenvalue weighted by Crippen LogP contribution is 2.37. The molecule has 0 bridgehead atoms. The van der Waals surface area contributed by atoms with Gasteiger partial charge in [0.15, 0.2) is 0 Å². The van der Waals surface area contributed by atoms with E-state index in [2.05, 4.69) is 45.2 Å². The first-order valence-electron chi connectivity index (χ1n) is 10.6. The second-order valence-electron chi connectivity index (χ2n) is 8.35. The summed E-state index contributed by atoms with van der Waals surface area (Å²) in [5.74, 6) is 2.10. The van der Waals surface area contributed by atoms with E-state index in [4.69, 9.17) is 5.73 Å². The Morgan fingerprint density at radius 2 is 1.82 bits per heavy atom. The molecule has 1 saturated carbocycles. The molecule has 1 aliphatic heterocycles. The summed E-state index contributed by atoms with van der Waals surface area (Å²) >= 11 is 0. The van der Waals surface area contributed by atoms with Gasteiger partial charge in [-0.15, -0.1) is 0 Å². The van der Waals surface area contributed by atoms with E-state index < -0.39 is 0 Å². The molecule has 1 amide bonds. The summed E-state index contributed by atoms with van der Waals surface area (Å²) in [5, 5.41) is 0. The highest BCUT2D eigenvalue weighted by Gasteiger charge is 2.29. The van der Waals surface area contributed by atoms with Crippen LogP contribution in [0.4, 0.5) is 5.95 Å². The lowest BCUT2D eigenvalue weighted by Crippen LogP contribution is -2.40. The number of hydrogen-bond donors (Lipinski definition) is 1. The molecule has 0 radical (unpaired) electrons. The molecule has 4 rings (SSSR count). The molecule has 28 heavy (non-hydrogen) atoms. The molecule has 1 atom stereocenters. The third kappa shape index (κ3) is 4.51. The lowest BCUT2D eigenvalue weighted by molar-refractivity contribution is -0.133. The van der Waals surface area contributed by atoms with Crippen molar-refractivity contribution in [2.24, 2.45) is 5.92 Å². The molecule has 5 nitrogen and oxygen atoms in total. The van der Waals surface area contributed by atoms with Gasteiger partial charge < -0.3 is 10.6 Å². The minimum Gasteiger partial charge on any atom is -0.368 e. The maximum atomic E-state index is 12.9. The predicted octanol–water partition coefficient (Wildman–Crippen LogP) is 4.13. The zero-order valence-electron chi connectivity index (χ0n) is 16.5. The quantitative estimate of drug-likeness (QED) is 0.868. The van der Waals surface area contributed by atoms with E-state index in [0.29, 0.717) is 30.1 Å². The van der Waals surface area contributed by atoms with Crippen molar-refractivity contribution in [2.75, 3.05) is 18.8 Å². The van der Waals surface area contributed by atoms with Crippen LogP contribution in [0, 0.1) is 5.92 Å². The first-order valence-corrected chi connectivity index (χ1v) is 10.6. The minimum absolute atomic E-state index is 0.275. The summed E-state index contributed by atoms with van der Waals surface area (Å²) in [6.07, 6.45) is 9.21. The highest BCUT2D eigenvalue weighted by atomic mass is 16.2. The summed E-state index contributed by atoms with van der Waals surface area (Å²) < 4.78 is 0. The maximum absolute atomic E-state index is 12.9. The number of benzene rings is 1. The van der Waals surface area contributed by atoms with E-state index in [0.717, 1.165) is 44.5 Å². The largest absolute Gasteiger partial charge is 0.368 e. The molecule has 2 aromatic rings. The highest BCUT2D eigenvalue weighted by molar-refractivity contribution is 5.76. The van der Waals surface area contributed by atoms with Crippen LogP contribution in [0.25, 0.3) is 0 Å². The molecule has 1 aromatic carbocycles. The van der Waals surface area contributed by atoms with Gasteiger partial charge in [-0.3, -0.25) is 4.79 Å². The van der Waals surface area contributed by atoms with Gasteiger partial charge in [0.1, 0.15) is 0 Å². The van der Waals surface area contributed by atoms with Crippen LogP contribution < -0.4 is 5.73 Å². The van der Waals surface area contributed by atoms with E-state index in [9.17, 15) is 4.79 Å². The number of carbonyl (C=O) groups excluding carboxylic acids is 1. The molecule has 2 fully saturated rings. The monoisotopic (exact) mass is 378 g/mol. The van der Waals surface area contributed by atoms with Crippen LogP contribution in [0.2, 0.25) is 0 Å². The smallest absolute Gasteiger partial charge is 0.222 e. The number of carbonyl (C=O) groups is 1. The van der Waals surface area contributed by atoms with Gasteiger partial charge in [0.25, 0.3) is 0 Å². The number of nitrogens with zero attached hydrogens (tertiary/aromatic N) is 3. The summed E-state index contributed by atoms with van der Waals surface area (Å²) in [5.41, 5.74) is 8.15. The number of nitrogen functional groups attached to an aromatic ring is 1. The standard InChI is InChI=1S/C23H30N4O/c24-23-25-13-12-21(26-23)20-7-4-14-27(16-20)22(28)15-17-8-10-19(11-9-17)18-5-2-1-3-6-18/h1-3,5-6,12-13,17,19-20H,4,7-11,14-16H2,(H2,24,25,26). The molecular weight excluding hydrogens is 348 g/mol. The molecule has 2 N–H and O–H groups in total. The van der Waals surface area contributed by atoms with E-state index in [1.165, 1.54) is 18.4 Å². The van der Waals surface area contributed by atoms with Gasteiger partial charge in [0, 0.05) is 31.6 Å². The number of hydrogen-bond acceptors (Lipinski definition) is 4. The van der Waals surface area contributed by atoms with Gasteiger partial charge in [-0.05, 0) is 62.0 Å². The van der Waals surface area contributed by atoms with Crippen molar-refractivity contribution in [3.05, 3.63) is 53.9 Å². The van der Waals surface area contributed by atoms with Crippen LogP contribution in [-0.4, -0.2) is 33.9 Å². The lowest BCUT2D eigenvalue weighted by atomic mass is 9.77. The predicted molar refractivity (Wildman–Crippen MR) is 111 cm³/mol. The van der Waals surface area contributed by atoms with Crippen molar-refractivity contribution in [2.45, 2.75) is 56.8 Å². The zero-order chi connectivity index (χ0) is 19.3. The van der Waals surface area contributed by atoms with Crippen LogP contribution in [0.15, 0.2) is 42.6 Å². The average molecular weight is 379 g/mol. The number of piperidine rings is 1. The maximum Gasteiger partial charge on any atom is 0.222 e. The molecule has 1 aromatic heterocycles. The fraction of sp³-hybridized carbons (Fsp3) is 0.522. The fourth-order valence-corrected chi connectivity index (χ4v) is 4.86. The normalized spacial score (nSPS) is 25.4. The Morgan fingerprint density at radius 3 is 2.57 bits per heavy atom. The molecule has 148 valence electrons. The average Bonchev–Trinajstić information content (AvgIpc) is 2.75. The van der Waals surface area contributed by atoms with Crippen molar-refractivity contribution in [3.8, 4) is 0 Å². The molecule has 5 heteroatoms. The Balaban J connectivity index is 1.29. The summed E-state index contributed by atoms with van der Waals surface area (Å²) in [6.45, 7) is 1.63. The van der Waals surface area contributed by atoms with E-state index >= 15 is 0 Å². The van der Waals surface area contributed by atoms with Gasteiger partial charge in [0.2, 0.25) is 11.9 Å². The molecule has 1 saturated heterocycles. The van der Waals surface area contributed by atoms with Crippen molar-refractivity contribution >= 4 is 11.9 Å². The van der Waals surface area contributed by atoms with Crippen molar-refractivity contribution in [1.82, 2.24) is 14.9 Å². The summed E-state index contributed by atoms with van der Waals surface area (Å²) in [6, 6.07) is 12.7. The zero-order valence-corrected chi connectivity index (χ0v) is 16.5. The molecule has 2 heterocycles. The number of rotatable bonds is 4. The molecule has 0 spiro atoms. The van der Waals surface area contributed by atoms with Gasteiger partial charge >= 0.3 is 0 Å². The Kier molecular flexibility index (Phi) is 5.89. The van der Waals surface area contributed by atoms with Crippen LogP contribution in [0.5, 0.6) is 0 Å². The van der Waals surface area contributed by atoms with Crippen molar-refractivity contribution < 1.29 is 4.79 Å². The molecule has 1 aliphatic carbocycles. The van der Waals surface area contributed by atoms with Crippen LogP contribution >= 0.6 is 0 Å². The third-order valence-electron chi connectivity index (χ3n) is 6.47. The van der Waals surface area contributed by atoms with Gasteiger partial charge in [-0.1, -0.05) is 30.3 Å². The van der Waals surface area contributed by atoms with Crippen LogP contribution in [0.3, 0.4) is 0 Å². The second-order valence-corrected chi connectivity index (χ2v) is 8.35. The fourth-order valence-electron chi connectivity index (χ4n) is 4.86. The van der Waals surface area contributed by atoms with Gasteiger partial charge in [0.05, 0.1) is 5.69 Å². The number of amides is 1. The third-order valence-corrected chi connectivity index (χ3v) is 6.47. The number of nitrogens with two attached hydrogens (primary N) is 1. The summed E-state index contributed by atoms with van der Waals surface area (Å²) in [4.78, 5) is 23.3. The van der Waals surface area contributed by atoms with Crippen LogP contribution in [-0.2, 0) is 4.79 Å². The number of anilines is 1. The summed E-state index contributed by atoms with van der Waals surface area (Å²) in [7, 11) is 0. The van der Waals surface area contributed by atoms with Gasteiger partial charge in [-0.25, -0.2) is 9.97 Å². The lowest BCUT2D eigenvalue weighted by Gasteiger charge is -2.34. The van der Waals surface area contributed by atoms with Gasteiger partial charge in [-0.2, -0.15) is 0 Å². The Morgan fingerprint density at radius 1 is 1.04 bits per heavy atom. The van der Waals surface area contributed by atoms with Crippen molar-refractivity contribution in [3.63, 3.8) is 0 Å². The minimum atomic E-state index is 0.275. The molecule has 1 unspecified atom stereocenters. The molecule has 2 aliphatic rings. The number of aromatic nitrogens is 2. The van der Waals surface area contributed by atoms with E-state index in [1.807, 2.05) is 6.07 Å². The Bertz CT molecular complexity index is 786. The number of likely N-dealkylation sites (tertiary alicyclic amines) is 1. The Hall–Kier alpha value is -2.43.